The fourth-order valence-electron chi connectivity index (χ4n) is 3.58. The van der Waals surface area contributed by atoms with Crippen molar-refractivity contribution in [3.05, 3.63) is 54.0 Å². The first kappa shape index (κ1) is 20.3. The number of ether oxygens (including phenoxy) is 3. The van der Waals surface area contributed by atoms with Crippen molar-refractivity contribution >= 4 is 0 Å². The lowest BCUT2D eigenvalue weighted by Gasteiger charge is -2.21. The number of aromatic nitrogens is 3. The van der Waals surface area contributed by atoms with E-state index >= 15 is 0 Å². The Kier molecular flexibility index (Phi) is 6.56. The van der Waals surface area contributed by atoms with Gasteiger partial charge in [0.25, 0.3) is 0 Å². The summed E-state index contributed by atoms with van der Waals surface area (Å²) in [5.74, 6) is 2.59. The van der Waals surface area contributed by atoms with Gasteiger partial charge in [0, 0.05) is 31.5 Å². The quantitative estimate of drug-likeness (QED) is 0.496. The van der Waals surface area contributed by atoms with E-state index in [4.69, 9.17) is 18.7 Å². The van der Waals surface area contributed by atoms with Crippen LogP contribution in [0.3, 0.4) is 0 Å². The molecule has 8 heteroatoms. The van der Waals surface area contributed by atoms with E-state index in [0.717, 1.165) is 37.2 Å². The van der Waals surface area contributed by atoms with Gasteiger partial charge in [-0.15, -0.1) is 0 Å². The molecular formula is C22H26N4O4. The second kappa shape index (κ2) is 9.69. The van der Waals surface area contributed by atoms with E-state index in [-0.39, 0.29) is 6.04 Å². The Bertz CT molecular complexity index is 927. The summed E-state index contributed by atoms with van der Waals surface area (Å²) in [5, 5.41) is 4.17. The first-order valence-corrected chi connectivity index (χ1v) is 10.1. The number of pyridine rings is 1. The van der Waals surface area contributed by atoms with Crippen molar-refractivity contribution in [2.24, 2.45) is 0 Å². The maximum Gasteiger partial charge on any atom is 0.244 e. The molecular weight excluding hydrogens is 384 g/mol. The first-order chi connectivity index (χ1) is 14.8. The molecule has 0 saturated carbocycles. The van der Waals surface area contributed by atoms with Crippen molar-refractivity contribution in [1.29, 1.82) is 0 Å². The van der Waals surface area contributed by atoms with Crippen LogP contribution in [0.1, 0.15) is 30.3 Å². The van der Waals surface area contributed by atoms with Gasteiger partial charge in [0.2, 0.25) is 17.6 Å². The highest BCUT2D eigenvalue weighted by atomic mass is 16.5. The minimum absolute atomic E-state index is 0.123. The standard InChI is InChI=1S/C22H26N4O4/c1-27-12-13-29-20-10-7-17(14-23-20)21-24-22(30-25-21)19-4-3-11-26(19)15-16-5-8-18(28-2)9-6-16/h5-10,14,19H,3-4,11-13,15H2,1-2H3. The number of benzene rings is 1. The summed E-state index contributed by atoms with van der Waals surface area (Å²) in [7, 11) is 3.31. The van der Waals surface area contributed by atoms with Crippen LogP contribution in [0.2, 0.25) is 0 Å². The Morgan fingerprint density at radius 2 is 1.97 bits per heavy atom. The molecule has 0 bridgehead atoms. The van der Waals surface area contributed by atoms with E-state index < -0.39 is 0 Å². The van der Waals surface area contributed by atoms with Crippen LogP contribution in [-0.2, 0) is 11.3 Å². The Balaban J connectivity index is 1.42. The van der Waals surface area contributed by atoms with E-state index in [1.165, 1.54) is 5.56 Å². The summed E-state index contributed by atoms with van der Waals surface area (Å²) in [6.07, 6.45) is 3.80. The van der Waals surface area contributed by atoms with Gasteiger partial charge in [0.15, 0.2) is 0 Å². The molecule has 4 rings (SSSR count). The van der Waals surface area contributed by atoms with Crippen LogP contribution in [0, 0.1) is 0 Å². The van der Waals surface area contributed by atoms with E-state index in [1.54, 1.807) is 26.5 Å². The summed E-state index contributed by atoms with van der Waals surface area (Å²) in [4.78, 5) is 11.3. The molecule has 3 aromatic rings. The molecule has 1 aliphatic heterocycles. The molecule has 1 fully saturated rings. The largest absolute Gasteiger partial charge is 0.497 e. The molecule has 1 atom stereocenters. The molecule has 2 aromatic heterocycles. The van der Waals surface area contributed by atoms with Gasteiger partial charge >= 0.3 is 0 Å². The third-order valence-electron chi connectivity index (χ3n) is 5.17. The van der Waals surface area contributed by atoms with Gasteiger partial charge in [-0.2, -0.15) is 4.98 Å². The van der Waals surface area contributed by atoms with Crippen LogP contribution >= 0.6 is 0 Å². The summed E-state index contributed by atoms with van der Waals surface area (Å²) in [6.45, 7) is 2.82. The Labute approximate surface area is 175 Å². The van der Waals surface area contributed by atoms with Crippen molar-refractivity contribution in [3.63, 3.8) is 0 Å². The number of hydrogen-bond acceptors (Lipinski definition) is 8. The molecule has 30 heavy (non-hydrogen) atoms. The third-order valence-corrected chi connectivity index (χ3v) is 5.17. The maximum atomic E-state index is 5.62. The molecule has 1 aliphatic rings. The fraction of sp³-hybridized carbons (Fsp3) is 0.409. The molecule has 158 valence electrons. The Hall–Kier alpha value is -2.97. The SMILES string of the molecule is COCCOc1ccc(-c2noc(C3CCCN3Cc3ccc(OC)cc3)n2)cn1. The first-order valence-electron chi connectivity index (χ1n) is 10.1. The summed E-state index contributed by atoms with van der Waals surface area (Å²) in [6, 6.07) is 12.0. The third kappa shape index (κ3) is 4.77. The lowest BCUT2D eigenvalue weighted by Crippen LogP contribution is -2.23. The van der Waals surface area contributed by atoms with Crippen molar-refractivity contribution in [2.75, 3.05) is 34.0 Å². The van der Waals surface area contributed by atoms with Gasteiger partial charge in [-0.3, -0.25) is 4.90 Å². The molecule has 1 saturated heterocycles. The molecule has 3 heterocycles. The van der Waals surface area contributed by atoms with E-state index in [1.807, 2.05) is 18.2 Å². The monoisotopic (exact) mass is 410 g/mol. The Morgan fingerprint density at radius 3 is 2.70 bits per heavy atom. The summed E-state index contributed by atoms with van der Waals surface area (Å²) >= 11 is 0. The zero-order chi connectivity index (χ0) is 20.8. The van der Waals surface area contributed by atoms with Crippen LogP contribution in [-0.4, -0.2) is 54.0 Å². The average Bonchev–Trinajstić information content (AvgIpc) is 3.44. The predicted octanol–water partition coefficient (Wildman–Crippen LogP) is 3.50. The van der Waals surface area contributed by atoms with Gasteiger partial charge in [-0.1, -0.05) is 17.3 Å². The van der Waals surface area contributed by atoms with Crippen molar-refractivity contribution in [1.82, 2.24) is 20.0 Å². The second-order valence-corrected chi connectivity index (χ2v) is 7.16. The molecule has 1 aromatic carbocycles. The number of methoxy groups -OCH3 is 2. The van der Waals surface area contributed by atoms with Gasteiger partial charge in [-0.25, -0.2) is 4.98 Å². The number of hydrogen-bond donors (Lipinski definition) is 0. The van der Waals surface area contributed by atoms with E-state index in [9.17, 15) is 0 Å². The zero-order valence-electron chi connectivity index (χ0n) is 17.3. The van der Waals surface area contributed by atoms with Crippen molar-refractivity contribution < 1.29 is 18.7 Å². The maximum absolute atomic E-state index is 5.62. The van der Waals surface area contributed by atoms with Crippen LogP contribution in [0.15, 0.2) is 47.1 Å². The molecule has 1 unspecified atom stereocenters. The normalized spacial score (nSPS) is 16.7. The Morgan fingerprint density at radius 1 is 1.10 bits per heavy atom. The zero-order valence-corrected chi connectivity index (χ0v) is 17.3. The average molecular weight is 410 g/mol. The number of rotatable bonds is 9. The highest BCUT2D eigenvalue weighted by Crippen LogP contribution is 2.33. The minimum Gasteiger partial charge on any atom is -0.497 e. The van der Waals surface area contributed by atoms with Gasteiger partial charge in [-0.05, 0) is 43.1 Å². The van der Waals surface area contributed by atoms with Crippen LogP contribution in [0.4, 0.5) is 0 Å². The molecule has 0 radical (unpaired) electrons. The predicted molar refractivity (Wildman–Crippen MR) is 110 cm³/mol. The lowest BCUT2D eigenvalue weighted by molar-refractivity contribution is 0.144. The minimum atomic E-state index is 0.123. The summed E-state index contributed by atoms with van der Waals surface area (Å²) in [5.41, 5.74) is 2.03. The molecule has 0 spiro atoms. The number of nitrogens with zero attached hydrogens (tertiary/aromatic N) is 4. The van der Waals surface area contributed by atoms with Crippen LogP contribution in [0.5, 0.6) is 11.6 Å². The smallest absolute Gasteiger partial charge is 0.244 e. The summed E-state index contributed by atoms with van der Waals surface area (Å²) < 4.78 is 21.3. The fourth-order valence-corrected chi connectivity index (χ4v) is 3.58. The van der Waals surface area contributed by atoms with Crippen molar-refractivity contribution in [3.8, 4) is 23.0 Å². The van der Waals surface area contributed by atoms with Crippen molar-refractivity contribution in [2.45, 2.75) is 25.4 Å². The highest BCUT2D eigenvalue weighted by Gasteiger charge is 2.30. The van der Waals surface area contributed by atoms with E-state index in [2.05, 4.69) is 32.2 Å². The molecule has 0 N–H and O–H groups in total. The van der Waals surface area contributed by atoms with Gasteiger partial charge in [0.1, 0.15) is 12.4 Å². The lowest BCUT2D eigenvalue weighted by atomic mass is 10.1. The van der Waals surface area contributed by atoms with Crippen LogP contribution in [0.25, 0.3) is 11.4 Å². The van der Waals surface area contributed by atoms with Gasteiger partial charge < -0.3 is 18.7 Å². The molecule has 8 nitrogen and oxygen atoms in total. The molecule has 0 aliphatic carbocycles. The van der Waals surface area contributed by atoms with Crippen LogP contribution < -0.4 is 9.47 Å². The second-order valence-electron chi connectivity index (χ2n) is 7.16. The van der Waals surface area contributed by atoms with E-state index in [0.29, 0.717) is 30.8 Å². The highest BCUT2D eigenvalue weighted by molar-refractivity contribution is 5.53. The topological polar surface area (TPSA) is 82.7 Å². The van der Waals surface area contributed by atoms with Gasteiger partial charge in [0.05, 0.1) is 19.8 Å². The molecule has 0 amide bonds. The number of likely N-dealkylation sites (tertiary alicyclic amines) is 1.